The highest BCUT2D eigenvalue weighted by atomic mass is 16.5. The number of hydrogen-bond donors (Lipinski definition) is 0. The van der Waals surface area contributed by atoms with Gasteiger partial charge in [0.1, 0.15) is 0 Å². The second-order valence-electron chi connectivity index (χ2n) is 4.68. The molecule has 0 aromatic rings. The molecule has 0 N–H and O–H groups in total. The van der Waals surface area contributed by atoms with Gasteiger partial charge in [0.2, 0.25) is 0 Å². The summed E-state index contributed by atoms with van der Waals surface area (Å²) in [5, 5.41) is 0. The molecule has 0 radical (unpaired) electrons. The maximum atomic E-state index is 11.2. The lowest BCUT2D eigenvalue weighted by Gasteiger charge is -1.99. The SMILES string of the molecule is CCCCOC(=O)C=CC1CC1(C)C. The third-order valence-electron chi connectivity index (χ3n) is 2.80. The van der Waals surface area contributed by atoms with Crippen molar-refractivity contribution in [2.24, 2.45) is 11.3 Å². The van der Waals surface area contributed by atoms with E-state index in [2.05, 4.69) is 20.8 Å². The molecule has 1 unspecified atom stereocenters. The van der Waals surface area contributed by atoms with Gasteiger partial charge >= 0.3 is 5.97 Å². The third-order valence-corrected chi connectivity index (χ3v) is 2.80. The van der Waals surface area contributed by atoms with E-state index < -0.39 is 0 Å². The molecule has 1 fully saturated rings. The van der Waals surface area contributed by atoms with Crippen LogP contribution in [0, 0.1) is 11.3 Å². The summed E-state index contributed by atoms with van der Waals surface area (Å²) in [7, 11) is 0. The zero-order valence-corrected chi connectivity index (χ0v) is 9.38. The molecule has 1 rings (SSSR count). The highest BCUT2D eigenvalue weighted by Gasteiger charge is 2.43. The summed E-state index contributed by atoms with van der Waals surface area (Å²) in [5.74, 6) is 0.377. The molecular weight excluding hydrogens is 176 g/mol. The van der Waals surface area contributed by atoms with Gasteiger partial charge in [-0.05, 0) is 24.2 Å². The van der Waals surface area contributed by atoms with Gasteiger partial charge < -0.3 is 4.74 Å². The predicted octanol–water partition coefficient (Wildman–Crippen LogP) is 2.93. The minimum Gasteiger partial charge on any atom is -0.463 e. The molecule has 0 amide bonds. The molecule has 0 saturated heterocycles. The Balaban J connectivity index is 2.15. The summed E-state index contributed by atoms with van der Waals surface area (Å²) in [6.45, 7) is 7.05. The number of allylic oxidation sites excluding steroid dienone is 1. The standard InChI is InChI=1S/C12H20O2/c1-4-5-8-14-11(13)7-6-10-9-12(10,2)3/h6-7,10H,4-5,8-9H2,1-3H3. The summed E-state index contributed by atoms with van der Waals surface area (Å²) in [5.41, 5.74) is 0.403. The molecular formula is C12H20O2. The van der Waals surface area contributed by atoms with Crippen molar-refractivity contribution in [2.45, 2.75) is 40.0 Å². The Morgan fingerprint density at radius 2 is 2.21 bits per heavy atom. The fourth-order valence-corrected chi connectivity index (χ4v) is 1.40. The fourth-order valence-electron chi connectivity index (χ4n) is 1.40. The van der Waals surface area contributed by atoms with E-state index in [0.717, 1.165) is 12.8 Å². The van der Waals surface area contributed by atoms with Gasteiger partial charge in [0.25, 0.3) is 0 Å². The maximum absolute atomic E-state index is 11.2. The van der Waals surface area contributed by atoms with Crippen LogP contribution >= 0.6 is 0 Å². The first kappa shape index (κ1) is 11.3. The highest BCUT2D eigenvalue weighted by Crippen LogP contribution is 2.52. The second kappa shape index (κ2) is 4.63. The van der Waals surface area contributed by atoms with E-state index in [1.165, 1.54) is 6.42 Å². The number of esters is 1. The van der Waals surface area contributed by atoms with Crippen LogP contribution in [0.15, 0.2) is 12.2 Å². The molecule has 2 nitrogen and oxygen atoms in total. The highest BCUT2D eigenvalue weighted by molar-refractivity contribution is 5.82. The Bertz CT molecular complexity index is 228. The molecule has 0 heterocycles. The summed E-state index contributed by atoms with van der Waals surface area (Å²) >= 11 is 0. The number of carbonyl (C=O) groups excluding carboxylic acids is 1. The van der Waals surface area contributed by atoms with Crippen molar-refractivity contribution < 1.29 is 9.53 Å². The third kappa shape index (κ3) is 3.52. The smallest absolute Gasteiger partial charge is 0.330 e. The van der Waals surface area contributed by atoms with Crippen molar-refractivity contribution in [3.63, 3.8) is 0 Å². The Labute approximate surface area is 86.3 Å². The average Bonchev–Trinajstić information content (AvgIpc) is 2.71. The lowest BCUT2D eigenvalue weighted by Crippen LogP contribution is -2.02. The molecule has 1 aliphatic rings. The maximum Gasteiger partial charge on any atom is 0.330 e. The number of rotatable bonds is 5. The molecule has 1 aliphatic carbocycles. The van der Waals surface area contributed by atoms with E-state index in [0.29, 0.717) is 17.9 Å². The lowest BCUT2D eigenvalue weighted by atomic mass is 10.1. The minimum atomic E-state index is -0.193. The second-order valence-corrected chi connectivity index (χ2v) is 4.68. The van der Waals surface area contributed by atoms with Crippen LogP contribution < -0.4 is 0 Å². The van der Waals surface area contributed by atoms with Crippen molar-refractivity contribution in [2.75, 3.05) is 6.61 Å². The van der Waals surface area contributed by atoms with Crippen LogP contribution in [0.3, 0.4) is 0 Å². The molecule has 0 aromatic carbocycles. The molecule has 14 heavy (non-hydrogen) atoms. The van der Waals surface area contributed by atoms with E-state index >= 15 is 0 Å². The summed E-state index contributed by atoms with van der Waals surface area (Å²) in [4.78, 5) is 11.2. The first-order chi connectivity index (χ1) is 6.56. The van der Waals surface area contributed by atoms with E-state index in [1.54, 1.807) is 6.08 Å². The number of carbonyl (C=O) groups is 1. The van der Waals surface area contributed by atoms with E-state index in [4.69, 9.17) is 4.74 Å². The molecule has 2 heteroatoms. The number of ether oxygens (including phenoxy) is 1. The zero-order valence-electron chi connectivity index (χ0n) is 9.38. The van der Waals surface area contributed by atoms with Crippen LogP contribution in [0.4, 0.5) is 0 Å². The van der Waals surface area contributed by atoms with Gasteiger partial charge in [-0.1, -0.05) is 33.3 Å². The number of unbranched alkanes of at least 4 members (excludes halogenated alkanes) is 1. The average molecular weight is 196 g/mol. The van der Waals surface area contributed by atoms with Crippen molar-refractivity contribution in [3.8, 4) is 0 Å². The van der Waals surface area contributed by atoms with E-state index in [-0.39, 0.29) is 5.97 Å². The van der Waals surface area contributed by atoms with Crippen LogP contribution in [-0.4, -0.2) is 12.6 Å². The van der Waals surface area contributed by atoms with Gasteiger partial charge in [-0.2, -0.15) is 0 Å². The van der Waals surface area contributed by atoms with Crippen LogP contribution in [0.1, 0.15) is 40.0 Å². The Kier molecular flexibility index (Phi) is 3.73. The van der Waals surface area contributed by atoms with Crippen molar-refractivity contribution in [3.05, 3.63) is 12.2 Å². The van der Waals surface area contributed by atoms with Gasteiger partial charge in [-0.3, -0.25) is 0 Å². The molecule has 0 aliphatic heterocycles. The summed E-state index contributed by atoms with van der Waals surface area (Å²) in [6, 6.07) is 0. The molecule has 1 atom stereocenters. The molecule has 0 bridgehead atoms. The molecule has 1 saturated carbocycles. The zero-order chi connectivity index (χ0) is 10.6. The Morgan fingerprint density at radius 1 is 1.57 bits per heavy atom. The predicted molar refractivity (Wildman–Crippen MR) is 56.9 cm³/mol. The van der Waals surface area contributed by atoms with Crippen molar-refractivity contribution in [1.29, 1.82) is 0 Å². The Hall–Kier alpha value is -0.790. The van der Waals surface area contributed by atoms with E-state index in [9.17, 15) is 4.79 Å². The van der Waals surface area contributed by atoms with Crippen LogP contribution in [0.2, 0.25) is 0 Å². The van der Waals surface area contributed by atoms with Gasteiger partial charge in [-0.15, -0.1) is 0 Å². The van der Waals surface area contributed by atoms with Crippen LogP contribution in [-0.2, 0) is 9.53 Å². The molecule has 0 spiro atoms. The first-order valence-corrected chi connectivity index (χ1v) is 5.41. The summed E-state index contributed by atoms with van der Waals surface area (Å²) in [6.07, 6.45) is 6.76. The number of hydrogen-bond acceptors (Lipinski definition) is 2. The van der Waals surface area contributed by atoms with Crippen molar-refractivity contribution >= 4 is 5.97 Å². The fraction of sp³-hybridized carbons (Fsp3) is 0.750. The van der Waals surface area contributed by atoms with Gasteiger partial charge in [0, 0.05) is 6.08 Å². The minimum absolute atomic E-state index is 0.193. The monoisotopic (exact) mass is 196 g/mol. The largest absolute Gasteiger partial charge is 0.463 e. The Morgan fingerprint density at radius 3 is 2.71 bits per heavy atom. The van der Waals surface area contributed by atoms with Crippen LogP contribution in [0.25, 0.3) is 0 Å². The van der Waals surface area contributed by atoms with Gasteiger partial charge in [0.05, 0.1) is 6.61 Å². The lowest BCUT2D eigenvalue weighted by molar-refractivity contribution is -0.137. The molecule has 80 valence electrons. The topological polar surface area (TPSA) is 26.3 Å². The molecule has 0 aromatic heterocycles. The first-order valence-electron chi connectivity index (χ1n) is 5.41. The van der Waals surface area contributed by atoms with Crippen LogP contribution in [0.5, 0.6) is 0 Å². The summed E-state index contributed by atoms with van der Waals surface area (Å²) < 4.78 is 5.00. The van der Waals surface area contributed by atoms with E-state index in [1.807, 2.05) is 6.08 Å². The van der Waals surface area contributed by atoms with Gasteiger partial charge in [-0.25, -0.2) is 4.79 Å². The quantitative estimate of drug-likeness (QED) is 0.384. The van der Waals surface area contributed by atoms with Gasteiger partial charge in [0.15, 0.2) is 0 Å². The normalized spacial score (nSPS) is 23.8. The van der Waals surface area contributed by atoms with Crippen molar-refractivity contribution in [1.82, 2.24) is 0 Å².